The third-order valence-corrected chi connectivity index (χ3v) is 3.11. The van der Waals surface area contributed by atoms with Gasteiger partial charge in [-0.1, -0.05) is 0 Å². The fourth-order valence-corrected chi connectivity index (χ4v) is 2.09. The van der Waals surface area contributed by atoms with Crippen molar-refractivity contribution in [2.45, 2.75) is 13.0 Å². The van der Waals surface area contributed by atoms with Crippen LogP contribution in [0.5, 0.6) is 0 Å². The Balaban J connectivity index is 1.55. The van der Waals surface area contributed by atoms with Crippen LogP contribution in [0.25, 0.3) is 11.0 Å². The lowest BCUT2D eigenvalue weighted by Crippen LogP contribution is -2.17. The number of hydrogen-bond acceptors (Lipinski definition) is 3. The van der Waals surface area contributed by atoms with Crippen LogP contribution in [-0.4, -0.2) is 21.5 Å². The number of rotatable bonds is 5. The van der Waals surface area contributed by atoms with Crippen LogP contribution in [0.2, 0.25) is 0 Å². The second kappa shape index (κ2) is 5.79. The maximum Gasteiger partial charge on any atom is 0.125 e. The molecule has 0 amide bonds. The number of benzene rings is 1. The van der Waals surface area contributed by atoms with Crippen LogP contribution in [-0.2, 0) is 13.0 Å². The minimum Gasteiger partial charge on any atom is -0.342 e. The first-order chi connectivity index (χ1) is 9.81. The molecule has 0 unspecified atom stereocenters. The van der Waals surface area contributed by atoms with Crippen LogP contribution in [0.3, 0.4) is 0 Å². The molecule has 2 heterocycles. The summed E-state index contributed by atoms with van der Waals surface area (Å²) < 4.78 is 13.1. The number of imidazole rings is 1. The predicted molar refractivity (Wildman–Crippen MR) is 75.7 cm³/mol. The van der Waals surface area contributed by atoms with Gasteiger partial charge in [-0.15, -0.1) is 0 Å². The molecule has 0 aliphatic carbocycles. The minimum atomic E-state index is -0.247. The summed E-state index contributed by atoms with van der Waals surface area (Å²) in [6.45, 7) is 1.61. The van der Waals surface area contributed by atoms with Gasteiger partial charge >= 0.3 is 0 Å². The highest BCUT2D eigenvalue weighted by Crippen LogP contribution is 2.12. The Kier molecular flexibility index (Phi) is 3.69. The lowest BCUT2D eigenvalue weighted by molar-refractivity contribution is 0.629. The van der Waals surface area contributed by atoms with Crippen molar-refractivity contribution >= 4 is 11.0 Å². The molecule has 1 aromatic carbocycles. The van der Waals surface area contributed by atoms with Gasteiger partial charge in [0.25, 0.3) is 0 Å². The number of fused-ring (bicyclic) bond motifs is 1. The Morgan fingerprint density at radius 2 is 2.00 bits per heavy atom. The number of hydrogen-bond donors (Lipinski definition) is 2. The second-order valence-electron chi connectivity index (χ2n) is 4.63. The van der Waals surface area contributed by atoms with E-state index in [1.807, 2.05) is 12.1 Å². The highest BCUT2D eigenvalue weighted by atomic mass is 19.1. The van der Waals surface area contributed by atoms with Crippen LogP contribution in [0.1, 0.15) is 11.4 Å². The average Bonchev–Trinajstić information content (AvgIpc) is 2.86. The first kappa shape index (κ1) is 12.7. The standard InChI is InChI=1S/C15H15FN4/c16-12-1-2-13-14(9-12)20-15(19-13)5-8-18-10-11-3-6-17-7-4-11/h1-4,6-7,9,18H,5,8,10H2,(H,19,20). The van der Waals surface area contributed by atoms with E-state index in [2.05, 4.69) is 20.3 Å². The van der Waals surface area contributed by atoms with Crippen LogP contribution in [0.15, 0.2) is 42.7 Å². The molecule has 0 saturated heterocycles. The Hall–Kier alpha value is -2.27. The number of pyridine rings is 1. The molecule has 0 fully saturated rings. The van der Waals surface area contributed by atoms with Gasteiger partial charge in [0.2, 0.25) is 0 Å². The zero-order chi connectivity index (χ0) is 13.8. The predicted octanol–water partition coefficient (Wildman–Crippen LogP) is 2.43. The maximum atomic E-state index is 13.1. The van der Waals surface area contributed by atoms with Gasteiger partial charge in [0.1, 0.15) is 11.6 Å². The fourth-order valence-electron chi connectivity index (χ4n) is 2.09. The van der Waals surface area contributed by atoms with Crippen molar-refractivity contribution in [3.05, 3.63) is 59.9 Å². The van der Waals surface area contributed by atoms with Crippen LogP contribution >= 0.6 is 0 Å². The highest BCUT2D eigenvalue weighted by molar-refractivity contribution is 5.74. The van der Waals surface area contributed by atoms with E-state index in [-0.39, 0.29) is 5.82 Å². The van der Waals surface area contributed by atoms with Crippen molar-refractivity contribution in [3.8, 4) is 0 Å². The van der Waals surface area contributed by atoms with Crippen molar-refractivity contribution in [3.63, 3.8) is 0 Å². The number of H-pyrrole nitrogens is 1. The summed E-state index contributed by atoms with van der Waals surface area (Å²) >= 11 is 0. The zero-order valence-corrected chi connectivity index (χ0v) is 10.9. The summed E-state index contributed by atoms with van der Waals surface area (Å²) in [5.74, 6) is 0.622. The molecule has 20 heavy (non-hydrogen) atoms. The molecule has 0 spiro atoms. The summed E-state index contributed by atoms with van der Waals surface area (Å²) in [6.07, 6.45) is 4.34. The zero-order valence-electron chi connectivity index (χ0n) is 10.9. The number of halogens is 1. The van der Waals surface area contributed by atoms with E-state index in [0.29, 0.717) is 0 Å². The second-order valence-corrected chi connectivity index (χ2v) is 4.63. The molecule has 4 nitrogen and oxygen atoms in total. The van der Waals surface area contributed by atoms with Crippen LogP contribution in [0, 0.1) is 5.82 Å². The van der Waals surface area contributed by atoms with E-state index in [0.717, 1.165) is 36.4 Å². The summed E-state index contributed by atoms with van der Waals surface area (Å²) in [7, 11) is 0. The summed E-state index contributed by atoms with van der Waals surface area (Å²) in [5.41, 5.74) is 2.75. The third-order valence-electron chi connectivity index (χ3n) is 3.11. The van der Waals surface area contributed by atoms with Gasteiger partial charge in [-0.25, -0.2) is 9.37 Å². The van der Waals surface area contributed by atoms with Crippen molar-refractivity contribution in [2.24, 2.45) is 0 Å². The van der Waals surface area contributed by atoms with Crippen molar-refractivity contribution in [1.82, 2.24) is 20.3 Å². The Morgan fingerprint density at radius 1 is 1.15 bits per heavy atom. The van der Waals surface area contributed by atoms with Gasteiger partial charge in [-0.3, -0.25) is 4.98 Å². The lowest BCUT2D eigenvalue weighted by atomic mass is 10.2. The van der Waals surface area contributed by atoms with E-state index in [9.17, 15) is 4.39 Å². The minimum absolute atomic E-state index is 0.247. The highest BCUT2D eigenvalue weighted by Gasteiger charge is 2.03. The Bertz CT molecular complexity index is 693. The van der Waals surface area contributed by atoms with Crippen LogP contribution in [0.4, 0.5) is 4.39 Å². The van der Waals surface area contributed by atoms with Gasteiger partial charge in [0, 0.05) is 31.9 Å². The molecule has 0 aliphatic heterocycles. The van der Waals surface area contributed by atoms with E-state index in [4.69, 9.17) is 0 Å². The van der Waals surface area contributed by atoms with E-state index in [1.54, 1.807) is 18.5 Å². The molecular weight excluding hydrogens is 255 g/mol. The van der Waals surface area contributed by atoms with Crippen molar-refractivity contribution in [1.29, 1.82) is 0 Å². The maximum absolute atomic E-state index is 13.1. The largest absolute Gasteiger partial charge is 0.342 e. The smallest absolute Gasteiger partial charge is 0.125 e. The molecule has 0 atom stereocenters. The Morgan fingerprint density at radius 3 is 2.85 bits per heavy atom. The van der Waals surface area contributed by atoms with Crippen molar-refractivity contribution < 1.29 is 4.39 Å². The molecule has 5 heteroatoms. The molecule has 0 saturated carbocycles. The molecule has 2 N–H and O–H groups in total. The normalized spacial score (nSPS) is 11.1. The third kappa shape index (κ3) is 3.00. The number of nitrogens with zero attached hydrogens (tertiary/aromatic N) is 2. The molecule has 3 rings (SSSR count). The number of aromatic amines is 1. The number of aromatic nitrogens is 3. The van der Waals surface area contributed by atoms with Gasteiger partial charge in [-0.05, 0) is 35.9 Å². The van der Waals surface area contributed by atoms with Crippen LogP contribution < -0.4 is 5.32 Å². The SMILES string of the molecule is Fc1ccc2nc(CCNCc3ccncc3)[nH]c2c1. The fraction of sp³-hybridized carbons (Fsp3) is 0.200. The number of nitrogens with one attached hydrogen (secondary N) is 2. The van der Waals surface area contributed by atoms with Gasteiger partial charge in [-0.2, -0.15) is 0 Å². The molecule has 2 aromatic heterocycles. The average molecular weight is 270 g/mol. The molecular formula is C15H15FN4. The van der Waals surface area contributed by atoms with Gasteiger partial charge < -0.3 is 10.3 Å². The Labute approximate surface area is 116 Å². The molecule has 102 valence electrons. The van der Waals surface area contributed by atoms with Gasteiger partial charge in [0.15, 0.2) is 0 Å². The molecule has 0 radical (unpaired) electrons. The monoisotopic (exact) mass is 270 g/mol. The van der Waals surface area contributed by atoms with E-state index >= 15 is 0 Å². The molecule has 3 aromatic rings. The van der Waals surface area contributed by atoms with Gasteiger partial charge in [0.05, 0.1) is 11.0 Å². The van der Waals surface area contributed by atoms with Crippen molar-refractivity contribution in [2.75, 3.05) is 6.54 Å². The molecule has 0 bridgehead atoms. The lowest BCUT2D eigenvalue weighted by Gasteiger charge is -2.02. The summed E-state index contributed by atoms with van der Waals surface area (Å²) in [4.78, 5) is 11.5. The topological polar surface area (TPSA) is 53.6 Å². The van der Waals surface area contributed by atoms with E-state index < -0.39 is 0 Å². The quantitative estimate of drug-likeness (QED) is 0.700. The molecule has 0 aliphatic rings. The van der Waals surface area contributed by atoms with E-state index in [1.165, 1.54) is 17.7 Å². The summed E-state index contributed by atoms with van der Waals surface area (Å²) in [6, 6.07) is 8.55. The first-order valence-electron chi connectivity index (χ1n) is 6.55. The summed E-state index contributed by atoms with van der Waals surface area (Å²) in [5, 5.41) is 3.34. The first-order valence-corrected chi connectivity index (χ1v) is 6.55.